The number of fused-ring (bicyclic) bond motifs is 1. The van der Waals surface area contributed by atoms with Gasteiger partial charge in [0.1, 0.15) is 5.75 Å². The van der Waals surface area contributed by atoms with Crippen LogP contribution in [0.5, 0.6) is 5.75 Å². The lowest BCUT2D eigenvalue weighted by molar-refractivity contribution is 0.0696. The Labute approximate surface area is 93.6 Å². The van der Waals surface area contributed by atoms with Gasteiger partial charge in [-0.3, -0.25) is 4.99 Å². The Morgan fingerprint density at radius 2 is 2.31 bits per heavy atom. The third-order valence-electron chi connectivity index (χ3n) is 2.75. The molecule has 0 aliphatic carbocycles. The highest BCUT2D eigenvalue weighted by Gasteiger charge is 2.21. The van der Waals surface area contributed by atoms with Gasteiger partial charge in [-0.1, -0.05) is 6.92 Å². The third-order valence-corrected chi connectivity index (χ3v) is 2.75. The van der Waals surface area contributed by atoms with Crippen LogP contribution < -0.4 is 4.74 Å². The van der Waals surface area contributed by atoms with Crippen molar-refractivity contribution in [1.82, 2.24) is 0 Å². The van der Waals surface area contributed by atoms with Gasteiger partial charge in [0, 0.05) is 16.8 Å². The molecule has 84 valence electrons. The maximum atomic E-state index is 11.0. The monoisotopic (exact) mass is 219 g/mol. The molecule has 16 heavy (non-hydrogen) atoms. The molecule has 0 saturated carbocycles. The smallest absolute Gasteiger partial charge is 0.335 e. The summed E-state index contributed by atoms with van der Waals surface area (Å²) >= 11 is 0. The van der Waals surface area contributed by atoms with Gasteiger partial charge in [-0.15, -0.1) is 0 Å². The van der Waals surface area contributed by atoms with Gasteiger partial charge in [0.15, 0.2) is 0 Å². The first-order valence-corrected chi connectivity index (χ1v) is 5.15. The topological polar surface area (TPSA) is 58.9 Å². The molecule has 4 heteroatoms. The van der Waals surface area contributed by atoms with Crippen LogP contribution in [0.25, 0.3) is 0 Å². The second-order valence-corrected chi connectivity index (χ2v) is 3.63. The van der Waals surface area contributed by atoms with Crippen LogP contribution in [0, 0.1) is 0 Å². The number of hydrogen-bond acceptors (Lipinski definition) is 3. The second kappa shape index (κ2) is 3.96. The maximum Gasteiger partial charge on any atom is 0.335 e. The van der Waals surface area contributed by atoms with E-state index in [9.17, 15) is 4.79 Å². The average Bonchev–Trinajstić information content (AvgIpc) is 2.70. The van der Waals surface area contributed by atoms with Crippen LogP contribution in [0.1, 0.15) is 34.8 Å². The van der Waals surface area contributed by atoms with E-state index in [0.29, 0.717) is 12.3 Å². The van der Waals surface area contributed by atoms with Crippen molar-refractivity contribution in [2.45, 2.75) is 19.9 Å². The van der Waals surface area contributed by atoms with Crippen LogP contribution in [0.15, 0.2) is 17.1 Å². The van der Waals surface area contributed by atoms with Crippen LogP contribution in [-0.2, 0) is 6.54 Å². The molecule has 1 aliphatic rings. The van der Waals surface area contributed by atoms with Gasteiger partial charge >= 0.3 is 5.97 Å². The molecule has 0 spiro atoms. The van der Waals surface area contributed by atoms with Crippen molar-refractivity contribution in [2.24, 2.45) is 4.99 Å². The van der Waals surface area contributed by atoms with Gasteiger partial charge in [-0.25, -0.2) is 4.79 Å². The molecule has 1 aliphatic heterocycles. The SMILES string of the molecule is CCC1=NCc2c(OC)cc(C(=O)O)cc21. The molecule has 1 aromatic rings. The minimum atomic E-state index is -0.941. The van der Waals surface area contributed by atoms with Crippen LogP contribution >= 0.6 is 0 Å². The Morgan fingerprint density at radius 3 is 2.88 bits per heavy atom. The molecule has 1 heterocycles. The minimum absolute atomic E-state index is 0.249. The zero-order chi connectivity index (χ0) is 11.7. The first-order valence-electron chi connectivity index (χ1n) is 5.15. The zero-order valence-corrected chi connectivity index (χ0v) is 9.28. The van der Waals surface area contributed by atoms with Gasteiger partial charge in [-0.05, 0) is 18.6 Å². The summed E-state index contributed by atoms with van der Waals surface area (Å²) in [5.74, 6) is -0.328. The lowest BCUT2D eigenvalue weighted by Crippen LogP contribution is -2.04. The molecule has 0 unspecified atom stereocenters. The minimum Gasteiger partial charge on any atom is -0.496 e. The standard InChI is InChI=1S/C12H13NO3/c1-3-10-8-4-7(12(14)15)5-11(16-2)9(8)6-13-10/h4-5H,3,6H2,1-2H3,(H,14,15). The zero-order valence-electron chi connectivity index (χ0n) is 9.28. The summed E-state index contributed by atoms with van der Waals surface area (Å²) in [7, 11) is 1.55. The van der Waals surface area contributed by atoms with E-state index in [0.717, 1.165) is 23.3 Å². The molecule has 1 aromatic carbocycles. The van der Waals surface area contributed by atoms with Crippen LogP contribution in [0.2, 0.25) is 0 Å². The van der Waals surface area contributed by atoms with E-state index in [1.807, 2.05) is 6.92 Å². The summed E-state index contributed by atoms with van der Waals surface area (Å²) in [6.07, 6.45) is 0.805. The molecule has 1 N–H and O–H groups in total. The van der Waals surface area contributed by atoms with E-state index in [4.69, 9.17) is 9.84 Å². The van der Waals surface area contributed by atoms with Crippen LogP contribution in [0.4, 0.5) is 0 Å². The predicted molar refractivity (Wildman–Crippen MR) is 60.5 cm³/mol. The van der Waals surface area contributed by atoms with Crippen LogP contribution in [-0.4, -0.2) is 23.9 Å². The summed E-state index contributed by atoms with van der Waals surface area (Å²) in [5.41, 5.74) is 3.11. The molecule has 0 radical (unpaired) electrons. The summed E-state index contributed by atoms with van der Waals surface area (Å²) < 4.78 is 5.20. The first-order chi connectivity index (χ1) is 7.67. The number of carboxylic acids is 1. The Hall–Kier alpha value is -1.84. The number of rotatable bonds is 3. The number of nitrogens with zero attached hydrogens (tertiary/aromatic N) is 1. The van der Waals surface area contributed by atoms with Gasteiger partial charge in [-0.2, -0.15) is 0 Å². The largest absolute Gasteiger partial charge is 0.496 e. The molecular weight excluding hydrogens is 206 g/mol. The van der Waals surface area contributed by atoms with Crippen molar-refractivity contribution in [3.8, 4) is 5.75 Å². The van der Waals surface area contributed by atoms with E-state index in [1.165, 1.54) is 0 Å². The number of carboxylic acid groups (broad SMARTS) is 1. The number of aromatic carboxylic acids is 1. The van der Waals surface area contributed by atoms with E-state index in [1.54, 1.807) is 19.2 Å². The molecular formula is C12H13NO3. The number of aliphatic imine (C=N–C) groups is 1. The van der Waals surface area contributed by atoms with Crippen LogP contribution in [0.3, 0.4) is 0 Å². The molecule has 4 nitrogen and oxygen atoms in total. The normalized spacial score (nSPS) is 13.2. The Bertz CT molecular complexity index is 477. The number of ether oxygens (including phenoxy) is 1. The van der Waals surface area contributed by atoms with E-state index >= 15 is 0 Å². The maximum absolute atomic E-state index is 11.0. The molecule has 0 fully saturated rings. The second-order valence-electron chi connectivity index (χ2n) is 3.63. The van der Waals surface area contributed by atoms with Gasteiger partial charge in [0.05, 0.1) is 19.2 Å². The molecule has 0 bridgehead atoms. The number of carbonyl (C=O) groups is 1. The Morgan fingerprint density at radius 1 is 1.56 bits per heavy atom. The van der Waals surface area contributed by atoms with E-state index in [-0.39, 0.29) is 5.56 Å². The molecule has 0 atom stereocenters. The Balaban J connectivity index is 2.58. The highest BCUT2D eigenvalue weighted by molar-refractivity contribution is 6.06. The molecule has 0 saturated heterocycles. The average molecular weight is 219 g/mol. The summed E-state index contributed by atoms with van der Waals surface area (Å²) in [4.78, 5) is 15.3. The van der Waals surface area contributed by atoms with E-state index < -0.39 is 5.97 Å². The highest BCUT2D eigenvalue weighted by Crippen LogP contribution is 2.31. The molecule has 0 amide bonds. The van der Waals surface area contributed by atoms with Crippen molar-refractivity contribution >= 4 is 11.7 Å². The predicted octanol–water partition coefficient (Wildman–Crippen LogP) is 2.11. The fraction of sp³-hybridized carbons (Fsp3) is 0.333. The summed E-state index contributed by atoms with van der Waals surface area (Å²) in [6.45, 7) is 2.59. The van der Waals surface area contributed by atoms with Crippen molar-refractivity contribution in [3.63, 3.8) is 0 Å². The summed E-state index contributed by atoms with van der Waals surface area (Å²) in [6, 6.07) is 3.23. The van der Waals surface area contributed by atoms with Crippen molar-refractivity contribution < 1.29 is 14.6 Å². The highest BCUT2D eigenvalue weighted by atomic mass is 16.5. The van der Waals surface area contributed by atoms with Gasteiger partial charge < -0.3 is 9.84 Å². The lowest BCUT2D eigenvalue weighted by Gasteiger charge is -2.09. The quantitative estimate of drug-likeness (QED) is 0.846. The van der Waals surface area contributed by atoms with Crippen molar-refractivity contribution in [2.75, 3.05) is 7.11 Å². The fourth-order valence-electron chi connectivity index (χ4n) is 1.93. The molecule has 0 aromatic heterocycles. The molecule has 2 rings (SSSR count). The number of hydrogen-bond donors (Lipinski definition) is 1. The van der Waals surface area contributed by atoms with Crippen molar-refractivity contribution in [1.29, 1.82) is 0 Å². The van der Waals surface area contributed by atoms with Gasteiger partial charge in [0.25, 0.3) is 0 Å². The number of methoxy groups -OCH3 is 1. The lowest BCUT2D eigenvalue weighted by atomic mass is 10.00. The first kappa shape index (κ1) is 10.7. The van der Waals surface area contributed by atoms with E-state index in [2.05, 4.69) is 4.99 Å². The van der Waals surface area contributed by atoms with Gasteiger partial charge in [0.2, 0.25) is 0 Å². The Kier molecular flexibility index (Phi) is 2.64. The third kappa shape index (κ3) is 1.56. The number of benzene rings is 1. The fourth-order valence-corrected chi connectivity index (χ4v) is 1.93. The summed E-state index contributed by atoms with van der Waals surface area (Å²) in [5, 5.41) is 9.00. The van der Waals surface area contributed by atoms with Crippen molar-refractivity contribution in [3.05, 3.63) is 28.8 Å².